The summed E-state index contributed by atoms with van der Waals surface area (Å²) < 4.78 is 5.58. The Labute approximate surface area is 146 Å². The van der Waals surface area contributed by atoms with Gasteiger partial charge in [0.2, 0.25) is 5.91 Å². The van der Waals surface area contributed by atoms with E-state index < -0.39 is 0 Å². The van der Waals surface area contributed by atoms with Crippen molar-refractivity contribution in [3.05, 3.63) is 54.1 Å². The fourth-order valence-electron chi connectivity index (χ4n) is 2.11. The van der Waals surface area contributed by atoms with E-state index in [-0.39, 0.29) is 11.7 Å². The minimum absolute atomic E-state index is 0.0255. The van der Waals surface area contributed by atoms with Gasteiger partial charge in [0.15, 0.2) is 5.78 Å². The zero-order chi connectivity index (χ0) is 17.4. The molecule has 2 aromatic carbocycles. The Bertz CT molecular complexity index is 681. The van der Waals surface area contributed by atoms with Crippen LogP contribution in [0.5, 0.6) is 5.75 Å². The van der Waals surface area contributed by atoms with Crippen molar-refractivity contribution in [2.75, 3.05) is 18.2 Å². The average Bonchev–Trinajstić information content (AvgIpc) is 2.60. The molecule has 0 fully saturated rings. The number of carbonyl (C=O) groups is 2. The highest BCUT2D eigenvalue weighted by Crippen LogP contribution is 2.18. The molecule has 0 aliphatic rings. The minimum Gasteiger partial charge on any atom is -0.494 e. The van der Waals surface area contributed by atoms with Gasteiger partial charge in [-0.2, -0.15) is 0 Å². The number of ether oxygens (including phenoxy) is 1. The lowest BCUT2D eigenvalue weighted by Crippen LogP contribution is -2.12. The molecule has 0 bridgehead atoms. The van der Waals surface area contributed by atoms with Crippen LogP contribution in [0, 0.1) is 0 Å². The number of thioether (sulfide) groups is 1. The van der Waals surface area contributed by atoms with E-state index in [9.17, 15) is 9.59 Å². The van der Waals surface area contributed by atoms with E-state index in [0.717, 1.165) is 10.6 Å². The van der Waals surface area contributed by atoms with Gasteiger partial charge < -0.3 is 10.1 Å². The first-order valence-electron chi connectivity index (χ1n) is 7.76. The third kappa shape index (κ3) is 5.74. The molecule has 0 radical (unpaired) electrons. The van der Waals surface area contributed by atoms with Crippen molar-refractivity contribution in [2.24, 2.45) is 0 Å². The quantitative estimate of drug-likeness (QED) is 0.438. The summed E-state index contributed by atoms with van der Waals surface area (Å²) in [6.07, 6.45) is 3.04. The summed E-state index contributed by atoms with van der Waals surface area (Å²) in [5.74, 6) is 0.708. The van der Waals surface area contributed by atoms with E-state index >= 15 is 0 Å². The molecular weight excluding hydrogens is 322 g/mol. The maximum Gasteiger partial charge on any atom is 0.224 e. The number of amides is 1. The number of nitrogens with one attached hydrogen (secondary N) is 1. The van der Waals surface area contributed by atoms with Gasteiger partial charge in [-0.1, -0.05) is 0 Å². The zero-order valence-corrected chi connectivity index (χ0v) is 14.7. The second kappa shape index (κ2) is 9.13. The SMILES string of the molecule is CSc1ccc(NC(=O)CCCOc2ccc(C(C)=O)cc2)cc1. The average molecular weight is 343 g/mol. The smallest absolute Gasteiger partial charge is 0.224 e. The van der Waals surface area contributed by atoms with Crippen LogP contribution in [0.15, 0.2) is 53.4 Å². The normalized spacial score (nSPS) is 10.2. The van der Waals surface area contributed by atoms with Crippen molar-refractivity contribution in [2.45, 2.75) is 24.7 Å². The van der Waals surface area contributed by atoms with E-state index in [0.29, 0.717) is 30.8 Å². The first-order chi connectivity index (χ1) is 11.6. The van der Waals surface area contributed by atoms with Crippen molar-refractivity contribution in [1.29, 1.82) is 0 Å². The molecule has 0 atom stereocenters. The molecular formula is C19H21NO3S. The van der Waals surface area contributed by atoms with Crippen LogP contribution >= 0.6 is 11.8 Å². The molecule has 0 aromatic heterocycles. The molecule has 2 aromatic rings. The van der Waals surface area contributed by atoms with E-state index in [4.69, 9.17) is 4.74 Å². The molecule has 24 heavy (non-hydrogen) atoms. The second-order valence-corrected chi connectivity index (χ2v) is 6.19. The molecule has 0 unspecified atom stereocenters. The number of benzene rings is 2. The van der Waals surface area contributed by atoms with E-state index in [1.165, 1.54) is 6.92 Å². The number of rotatable bonds is 8. The monoisotopic (exact) mass is 343 g/mol. The summed E-state index contributed by atoms with van der Waals surface area (Å²) in [6.45, 7) is 1.99. The second-order valence-electron chi connectivity index (χ2n) is 5.31. The number of ketones is 1. The van der Waals surface area contributed by atoms with Gasteiger partial charge in [-0.25, -0.2) is 0 Å². The van der Waals surface area contributed by atoms with Crippen LogP contribution in [0.25, 0.3) is 0 Å². The highest BCUT2D eigenvalue weighted by molar-refractivity contribution is 7.98. The predicted octanol–water partition coefficient (Wildman–Crippen LogP) is 4.41. The maximum absolute atomic E-state index is 11.9. The number of hydrogen-bond donors (Lipinski definition) is 1. The Hall–Kier alpha value is -2.27. The van der Waals surface area contributed by atoms with E-state index in [1.54, 1.807) is 36.0 Å². The Morgan fingerprint density at radius 3 is 2.29 bits per heavy atom. The Balaban J connectivity index is 1.69. The molecule has 0 spiro atoms. The van der Waals surface area contributed by atoms with Gasteiger partial charge in [0.05, 0.1) is 6.61 Å². The van der Waals surface area contributed by atoms with Crippen LogP contribution in [0.4, 0.5) is 5.69 Å². The molecule has 126 valence electrons. The topological polar surface area (TPSA) is 55.4 Å². The summed E-state index contributed by atoms with van der Waals surface area (Å²) in [4.78, 5) is 24.2. The van der Waals surface area contributed by atoms with Crippen molar-refractivity contribution in [3.63, 3.8) is 0 Å². The zero-order valence-electron chi connectivity index (χ0n) is 13.9. The first-order valence-corrected chi connectivity index (χ1v) is 8.98. The fraction of sp³-hybridized carbons (Fsp3) is 0.263. The molecule has 2 rings (SSSR count). The summed E-state index contributed by atoms with van der Waals surface area (Å²) in [5.41, 5.74) is 1.47. The van der Waals surface area contributed by atoms with Gasteiger partial charge in [-0.3, -0.25) is 9.59 Å². The number of carbonyl (C=O) groups excluding carboxylic acids is 2. The van der Waals surface area contributed by atoms with Gasteiger partial charge in [0, 0.05) is 22.6 Å². The van der Waals surface area contributed by atoms with Crippen LogP contribution in [-0.4, -0.2) is 24.6 Å². The Morgan fingerprint density at radius 1 is 1.04 bits per heavy atom. The van der Waals surface area contributed by atoms with Crippen LogP contribution in [0.1, 0.15) is 30.1 Å². The molecule has 1 amide bonds. The third-order valence-electron chi connectivity index (χ3n) is 3.45. The van der Waals surface area contributed by atoms with Crippen LogP contribution < -0.4 is 10.1 Å². The first kappa shape index (κ1) is 18.1. The molecule has 4 nitrogen and oxygen atoms in total. The largest absolute Gasteiger partial charge is 0.494 e. The molecule has 0 saturated carbocycles. The highest BCUT2D eigenvalue weighted by Gasteiger charge is 2.04. The lowest BCUT2D eigenvalue weighted by Gasteiger charge is -2.08. The van der Waals surface area contributed by atoms with E-state index in [2.05, 4.69) is 5.32 Å². The summed E-state index contributed by atoms with van der Waals surface area (Å²) in [6, 6.07) is 14.8. The molecule has 0 saturated heterocycles. The van der Waals surface area contributed by atoms with Crippen molar-refractivity contribution >= 4 is 29.1 Å². The maximum atomic E-state index is 11.9. The number of anilines is 1. The van der Waals surface area contributed by atoms with Gasteiger partial charge in [0.1, 0.15) is 5.75 Å². The Kier molecular flexibility index (Phi) is 6.88. The Morgan fingerprint density at radius 2 is 1.71 bits per heavy atom. The summed E-state index contributed by atoms with van der Waals surface area (Å²) in [7, 11) is 0. The van der Waals surface area contributed by atoms with Crippen molar-refractivity contribution in [3.8, 4) is 5.75 Å². The highest BCUT2D eigenvalue weighted by atomic mass is 32.2. The molecule has 0 heterocycles. The van der Waals surface area contributed by atoms with Gasteiger partial charge >= 0.3 is 0 Å². The fourth-order valence-corrected chi connectivity index (χ4v) is 2.51. The molecule has 1 N–H and O–H groups in total. The van der Waals surface area contributed by atoms with Crippen LogP contribution in [0.2, 0.25) is 0 Å². The standard InChI is InChI=1S/C19H21NO3S/c1-14(21)15-5-9-17(10-6-15)23-13-3-4-19(22)20-16-7-11-18(24-2)12-8-16/h5-12H,3-4,13H2,1-2H3,(H,20,22). The number of Topliss-reactive ketones (excluding diaryl/α,β-unsaturated/α-hetero) is 1. The summed E-state index contributed by atoms with van der Waals surface area (Å²) in [5, 5.41) is 2.87. The summed E-state index contributed by atoms with van der Waals surface area (Å²) >= 11 is 1.67. The molecule has 0 aliphatic heterocycles. The third-order valence-corrected chi connectivity index (χ3v) is 4.20. The van der Waals surface area contributed by atoms with Crippen LogP contribution in [0.3, 0.4) is 0 Å². The predicted molar refractivity (Wildman–Crippen MR) is 98.0 cm³/mol. The van der Waals surface area contributed by atoms with Gasteiger partial charge in [0.25, 0.3) is 0 Å². The molecule has 5 heteroatoms. The van der Waals surface area contributed by atoms with Crippen molar-refractivity contribution < 1.29 is 14.3 Å². The number of hydrogen-bond acceptors (Lipinski definition) is 4. The van der Waals surface area contributed by atoms with Crippen LogP contribution in [-0.2, 0) is 4.79 Å². The minimum atomic E-state index is -0.0255. The van der Waals surface area contributed by atoms with Gasteiger partial charge in [-0.15, -0.1) is 11.8 Å². The molecule has 0 aliphatic carbocycles. The van der Waals surface area contributed by atoms with Gasteiger partial charge in [-0.05, 0) is 68.1 Å². The van der Waals surface area contributed by atoms with E-state index in [1.807, 2.05) is 30.5 Å². The lowest BCUT2D eigenvalue weighted by atomic mass is 10.1. The lowest BCUT2D eigenvalue weighted by molar-refractivity contribution is -0.116. The van der Waals surface area contributed by atoms with Crippen molar-refractivity contribution in [1.82, 2.24) is 0 Å².